The van der Waals surface area contributed by atoms with Gasteiger partial charge in [0.05, 0.1) is 22.5 Å². The Morgan fingerprint density at radius 1 is 0.673 bits per heavy atom. The van der Waals surface area contributed by atoms with Crippen LogP contribution in [0.3, 0.4) is 0 Å². The number of carboxylic acid groups (broad SMARTS) is 2. The van der Waals surface area contributed by atoms with E-state index in [9.17, 15) is 29.4 Å². The Balaban J connectivity index is 1.19. The van der Waals surface area contributed by atoms with Gasteiger partial charge in [0.1, 0.15) is 24.3 Å². The number of aromatic nitrogens is 8. The highest BCUT2D eigenvalue weighted by atomic mass is 19.1. The number of anilines is 2. The summed E-state index contributed by atoms with van der Waals surface area (Å²) in [7, 11) is 1.50. The number of amides is 2. The van der Waals surface area contributed by atoms with Crippen molar-refractivity contribution in [3.05, 3.63) is 131 Å². The first-order valence-corrected chi connectivity index (χ1v) is 15.0. The van der Waals surface area contributed by atoms with Crippen LogP contribution in [0.5, 0.6) is 0 Å². The van der Waals surface area contributed by atoms with Crippen LogP contribution in [0.1, 0.15) is 52.8 Å². The molecule has 262 valence electrons. The number of carbonyl (C=O) groups is 4. The number of hydrogen-bond donors (Lipinski definition) is 4. The molecular weight excluding hydrogens is 684 g/mol. The highest BCUT2D eigenvalue weighted by molar-refractivity contribution is 6.07. The summed E-state index contributed by atoms with van der Waals surface area (Å²) >= 11 is 0. The van der Waals surface area contributed by atoms with E-state index in [1.807, 2.05) is 0 Å². The van der Waals surface area contributed by atoms with Gasteiger partial charge in [0, 0.05) is 49.0 Å². The van der Waals surface area contributed by atoms with E-state index in [-0.39, 0.29) is 47.0 Å². The van der Waals surface area contributed by atoms with Crippen LogP contribution >= 0.6 is 0 Å². The molecule has 0 radical (unpaired) electrons. The Hall–Kier alpha value is -7.28. The van der Waals surface area contributed by atoms with Gasteiger partial charge in [-0.2, -0.15) is 0 Å². The minimum atomic E-state index is -1.51. The fourth-order valence-electron chi connectivity index (χ4n) is 5.01. The summed E-state index contributed by atoms with van der Waals surface area (Å²) in [6.45, 7) is -0.427. The lowest BCUT2D eigenvalue weighted by molar-refractivity contribution is 0.0686. The summed E-state index contributed by atoms with van der Waals surface area (Å²) in [5.74, 6) is -5.72. The van der Waals surface area contributed by atoms with Gasteiger partial charge in [-0.05, 0) is 55.6 Å². The molecule has 6 aromatic rings. The van der Waals surface area contributed by atoms with Gasteiger partial charge >= 0.3 is 11.9 Å². The molecule has 0 saturated heterocycles. The summed E-state index contributed by atoms with van der Waals surface area (Å²) < 4.78 is 33.5. The van der Waals surface area contributed by atoms with E-state index >= 15 is 8.78 Å². The van der Waals surface area contributed by atoms with Crippen LogP contribution in [-0.2, 0) is 13.1 Å². The first kappa shape index (κ1) is 34.6. The van der Waals surface area contributed by atoms with Crippen LogP contribution in [0.15, 0.2) is 86.0 Å². The lowest BCUT2D eigenvalue weighted by atomic mass is 10.1. The summed E-state index contributed by atoms with van der Waals surface area (Å²) in [6, 6.07) is 9.49. The average molecular weight is 710 g/mol. The lowest BCUT2D eigenvalue weighted by Gasteiger charge is -2.20. The SMILES string of the molecule is CN(Cc1cc(NC(=O)c2ccc(-n3ccnc3)nn2)c(C(=O)O)cc1F)Cc1cc(NC(=O)c2ccc(-n3ccnc3)nn2)c(C(=O)O)cc1F. The van der Waals surface area contributed by atoms with Crippen LogP contribution < -0.4 is 10.6 Å². The van der Waals surface area contributed by atoms with E-state index in [4.69, 9.17) is 0 Å². The van der Waals surface area contributed by atoms with Crippen molar-refractivity contribution in [2.24, 2.45) is 0 Å². The third-order valence-corrected chi connectivity index (χ3v) is 7.51. The number of nitrogens with zero attached hydrogens (tertiary/aromatic N) is 9. The van der Waals surface area contributed by atoms with E-state index in [0.29, 0.717) is 11.6 Å². The third kappa shape index (κ3) is 7.63. The zero-order chi connectivity index (χ0) is 36.9. The van der Waals surface area contributed by atoms with Gasteiger partial charge in [0.25, 0.3) is 11.8 Å². The number of carbonyl (C=O) groups excluding carboxylic acids is 2. The molecule has 4 N–H and O–H groups in total. The molecule has 6 rings (SSSR count). The first-order valence-electron chi connectivity index (χ1n) is 15.0. The smallest absolute Gasteiger partial charge is 0.337 e. The summed E-state index contributed by atoms with van der Waals surface area (Å²) in [6.07, 6.45) is 9.27. The van der Waals surface area contributed by atoms with E-state index in [0.717, 1.165) is 24.3 Å². The minimum absolute atomic E-state index is 0.0573. The molecule has 0 unspecified atom stereocenters. The van der Waals surface area contributed by atoms with Gasteiger partial charge in [-0.3, -0.25) is 23.6 Å². The van der Waals surface area contributed by atoms with E-state index in [1.165, 1.54) is 61.3 Å². The Kier molecular flexibility index (Phi) is 9.76. The van der Waals surface area contributed by atoms with Crippen molar-refractivity contribution in [2.45, 2.75) is 13.1 Å². The molecule has 0 aliphatic heterocycles. The maximum atomic E-state index is 15.2. The highest BCUT2D eigenvalue weighted by Gasteiger charge is 2.22. The molecule has 2 amide bonds. The predicted octanol–water partition coefficient (Wildman–Crippen LogP) is 3.45. The van der Waals surface area contributed by atoms with Gasteiger partial charge < -0.3 is 20.8 Å². The van der Waals surface area contributed by atoms with Crippen LogP contribution in [0.4, 0.5) is 20.2 Å². The van der Waals surface area contributed by atoms with Crippen molar-refractivity contribution in [3.63, 3.8) is 0 Å². The van der Waals surface area contributed by atoms with Gasteiger partial charge in [-0.1, -0.05) is 0 Å². The van der Waals surface area contributed by atoms with Crippen molar-refractivity contribution >= 4 is 35.1 Å². The fourth-order valence-corrected chi connectivity index (χ4v) is 5.01. The fraction of sp³-hybridized carbons (Fsp3) is 0.0909. The lowest BCUT2D eigenvalue weighted by Crippen LogP contribution is -2.22. The molecule has 17 nitrogen and oxygen atoms in total. The Morgan fingerprint density at radius 3 is 1.42 bits per heavy atom. The molecule has 0 atom stereocenters. The van der Waals surface area contributed by atoms with Crippen molar-refractivity contribution < 1.29 is 38.2 Å². The standard InChI is InChI=1S/C33H25F2N11O6/c1-44(14-18-10-26(20(32(49)50)12-22(18)34)38-30(47)24-2-4-28(42-40-24)45-8-6-36-16-45)15-19-11-27(21(33(51)52)13-23(19)35)39-31(48)25-3-5-29(43-41-25)46-9-7-37-17-46/h2-13,16-17H,14-15H2,1H3,(H,38,47)(H,39,48)(H,49,50)(H,51,52). The monoisotopic (exact) mass is 709 g/mol. The van der Waals surface area contributed by atoms with Crippen molar-refractivity contribution in [1.82, 2.24) is 44.4 Å². The zero-order valence-corrected chi connectivity index (χ0v) is 26.8. The molecule has 4 heterocycles. The zero-order valence-electron chi connectivity index (χ0n) is 26.8. The Morgan fingerprint density at radius 2 is 1.10 bits per heavy atom. The highest BCUT2D eigenvalue weighted by Crippen LogP contribution is 2.26. The normalized spacial score (nSPS) is 11.0. The van der Waals surface area contributed by atoms with E-state index in [1.54, 1.807) is 21.5 Å². The molecule has 0 bridgehead atoms. The number of carboxylic acids is 2. The molecule has 0 spiro atoms. The Labute approximate surface area is 291 Å². The quantitative estimate of drug-likeness (QED) is 0.143. The van der Waals surface area contributed by atoms with Gasteiger partial charge in [0.2, 0.25) is 0 Å². The number of benzene rings is 2. The molecule has 52 heavy (non-hydrogen) atoms. The summed E-state index contributed by atoms with van der Waals surface area (Å²) in [5, 5.41) is 39.9. The van der Waals surface area contributed by atoms with Crippen LogP contribution in [0.25, 0.3) is 11.6 Å². The van der Waals surface area contributed by atoms with Crippen LogP contribution in [0.2, 0.25) is 0 Å². The maximum Gasteiger partial charge on any atom is 0.337 e. The molecule has 0 saturated carbocycles. The van der Waals surface area contributed by atoms with E-state index < -0.39 is 46.5 Å². The first-order chi connectivity index (χ1) is 25.0. The van der Waals surface area contributed by atoms with Crippen LogP contribution in [-0.4, -0.2) is 85.4 Å². The molecule has 0 aliphatic carbocycles. The summed E-state index contributed by atoms with van der Waals surface area (Å²) in [5.41, 5.74) is -1.93. The second-order valence-electron chi connectivity index (χ2n) is 11.2. The van der Waals surface area contributed by atoms with Crippen molar-refractivity contribution in [3.8, 4) is 11.6 Å². The molecule has 0 fully saturated rings. The molecule has 19 heteroatoms. The van der Waals surface area contributed by atoms with Gasteiger partial charge in [0.15, 0.2) is 23.0 Å². The topological polar surface area (TPSA) is 223 Å². The largest absolute Gasteiger partial charge is 0.478 e. The number of imidazole rings is 2. The number of aromatic carboxylic acids is 2. The predicted molar refractivity (Wildman–Crippen MR) is 176 cm³/mol. The van der Waals surface area contributed by atoms with E-state index in [2.05, 4.69) is 41.0 Å². The van der Waals surface area contributed by atoms with Gasteiger partial charge in [-0.25, -0.2) is 28.3 Å². The Bertz CT molecular complexity index is 2120. The molecule has 0 aliphatic rings. The van der Waals surface area contributed by atoms with Gasteiger partial charge in [-0.15, -0.1) is 20.4 Å². The van der Waals surface area contributed by atoms with Crippen molar-refractivity contribution in [2.75, 3.05) is 17.7 Å². The third-order valence-electron chi connectivity index (χ3n) is 7.51. The van der Waals surface area contributed by atoms with Crippen molar-refractivity contribution in [1.29, 1.82) is 0 Å². The number of hydrogen-bond acceptors (Lipinski definition) is 11. The second-order valence-corrected chi connectivity index (χ2v) is 11.2. The second kappa shape index (κ2) is 14.7. The van der Waals surface area contributed by atoms with Crippen LogP contribution in [0, 0.1) is 11.6 Å². The minimum Gasteiger partial charge on any atom is -0.478 e. The number of halogens is 2. The molecular formula is C33H25F2N11O6. The number of nitrogens with one attached hydrogen (secondary N) is 2. The summed E-state index contributed by atoms with van der Waals surface area (Å²) in [4.78, 5) is 59.1. The average Bonchev–Trinajstić information content (AvgIpc) is 3.87. The molecule has 4 aromatic heterocycles. The maximum absolute atomic E-state index is 15.2. The number of rotatable bonds is 12. The molecule has 2 aromatic carbocycles.